The summed E-state index contributed by atoms with van der Waals surface area (Å²) >= 11 is 0. The van der Waals surface area contributed by atoms with Gasteiger partial charge in [-0.05, 0) is 51.3 Å². The van der Waals surface area contributed by atoms with Crippen molar-refractivity contribution in [1.82, 2.24) is 15.1 Å². The lowest BCUT2D eigenvalue weighted by atomic mass is 9.87. The summed E-state index contributed by atoms with van der Waals surface area (Å²) in [7, 11) is 2.07. The van der Waals surface area contributed by atoms with Crippen molar-refractivity contribution in [2.24, 2.45) is 11.8 Å². The van der Waals surface area contributed by atoms with Crippen molar-refractivity contribution < 1.29 is 0 Å². The third kappa shape index (κ3) is 3.82. The molecule has 0 saturated heterocycles. The van der Waals surface area contributed by atoms with Gasteiger partial charge >= 0.3 is 0 Å². The number of hydrogen-bond acceptors (Lipinski definition) is 2. The van der Waals surface area contributed by atoms with Crippen LogP contribution in [0.25, 0.3) is 0 Å². The predicted molar refractivity (Wildman–Crippen MR) is 80.3 cm³/mol. The molecule has 1 aromatic heterocycles. The van der Waals surface area contributed by atoms with E-state index in [1.165, 1.54) is 31.4 Å². The van der Waals surface area contributed by atoms with Gasteiger partial charge in [-0.15, -0.1) is 0 Å². The van der Waals surface area contributed by atoms with Crippen molar-refractivity contribution >= 4 is 0 Å². The first kappa shape index (κ1) is 14.6. The zero-order valence-electron chi connectivity index (χ0n) is 12.7. The zero-order valence-corrected chi connectivity index (χ0v) is 12.7. The van der Waals surface area contributed by atoms with Crippen molar-refractivity contribution in [3.8, 4) is 0 Å². The molecule has 2 rings (SSSR count). The van der Waals surface area contributed by atoms with E-state index in [4.69, 9.17) is 5.10 Å². The molecule has 0 radical (unpaired) electrons. The van der Waals surface area contributed by atoms with Crippen LogP contribution >= 0.6 is 0 Å². The Morgan fingerprint density at radius 2 is 2.16 bits per heavy atom. The summed E-state index contributed by atoms with van der Waals surface area (Å²) in [5, 5.41) is 8.13. The van der Waals surface area contributed by atoms with E-state index in [-0.39, 0.29) is 0 Å². The number of nitrogens with zero attached hydrogens (tertiary/aromatic N) is 2. The summed E-state index contributed by atoms with van der Waals surface area (Å²) in [4.78, 5) is 0. The summed E-state index contributed by atoms with van der Waals surface area (Å²) in [6, 6.07) is 2.73. The molecule has 3 heteroatoms. The summed E-state index contributed by atoms with van der Waals surface area (Å²) in [5.74, 6) is 1.66. The van der Waals surface area contributed by atoms with Crippen molar-refractivity contribution in [1.29, 1.82) is 0 Å². The van der Waals surface area contributed by atoms with Crippen LogP contribution in [0, 0.1) is 11.8 Å². The van der Waals surface area contributed by atoms with Crippen molar-refractivity contribution in [2.45, 2.75) is 58.4 Å². The third-order valence-corrected chi connectivity index (χ3v) is 4.71. The maximum atomic E-state index is 4.76. The average molecular weight is 263 g/mol. The first-order valence-electron chi connectivity index (χ1n) is 7.93. The van der Waals surface area contributed by atoms with Crippen LogP contribution in [0.4, 0.5) is 0 Å². The Balaban J connectivity index is 1.97. The fraction of sp³-hybridized carbons (Fsp3) is 0.812. The molecule has 1 aliphatic rings. The van der Waals surface area contributed by atoms with E-state index >= 15 is 0 Å². The molecule has 0 aromatic carbocycles. The van der Waals surface area contributed by atoms with Crippen LogP contribution in [0.5, 0.6) is 0 Å². The van der Waals surface area contributed by atoms with Gasteiger partial charge in [0.25, 0.3) is 0 Å². The van der Waals surface area contributed by atoms with E-state index in [1.807, 2.05) is 0 Å². The first-order chi connectivity index (χ1) is 9.24. The monoisotopic (exact) mass is 263 g/mol. The lowest BCUT2D eigenvalue weighted by molar-refractivity contribution is 0.324. The maximum Gasteiger partial charge on any atom is 0.0628 e. The van der Waals surface area contributed by atoms with E-state index in [2.05, 4.69) is 43.2 Å². The van der Waals surface area contributed by atoms with Gasteiger partial charge < -0.3 is 5.32 Å². The van der Waals surface area contributed by atoms with Gasteiger partial charge in [0.15, 0.2) is 0 Å². The summed E-state index contributed by atoms with van der Waals surface area (Å²) < 4.78 is 2.13. The van der Waals surface area contributed by atoms with Gasteiger partial charge in [0, 0.05) is 12.2 Å². The molecule has 0 spiro atoms. The van der Waals surface area contributed by atoms with Gasteiger partial charge in [-0.25, -0.2) is 0 Å². The Hall–Kier alpha value is -0.830. The van der Waals surface area contributed by atoms with Crippen LogP contribution < -0.4 is 5.32 Å². The second-order valence-corrected chi connectivity index (χ2v) is 6.11. The summed E-state index contributed by atoms with van der Waals surface area (Å²) in [5.41, 5.74) is 1.27. The van der Waals surface area contributed by atoms with E-state index in [9.17, 15) is 0 Å². The second-order valence-electron chi connectivity index (χ2n) is 6.11. The van der Waals surface area contributed by atoms with Crippen LogP contribution in [-0.2, 0) is 6.42 Å². The molecule has 3 nitrogen and oxygen atoms in total. The number of nitrogens with one attached hydrogen (secondary N) is 1. The summed E-state index contributed by atoms with van der Waals surface area (Å²) in [6.45, 7) is 5.58. The van der Waals surface area contributed by atoms with Gasteiger partial charge in [0.05, 0.1) is 5.69 Å². The molecule has 1 fully saturated rings. The van der Waals surface area contributed by atoms with Gasteiger partial charge in [-0.3, -0.25) is 4.68 Å². The molecule has 2 atom stereocenters. The van der Waals surface area contributed by atoms with Crippen LogP contribution in [0.15, 0.2) is 12.3 Å². The first-order valence-corrected chi connectivity index (χ1v) is 7.93. The van der Waals surface area contributed by atoms with E-state index in [1.54, 1.807) is 0 Å². The van der Waals surface area contributed by atoms with Crippen LogP contribution in [0.2, 0.25) is 0 Å². The van der Waals surface area contributed by atoms with Gasteiger partial charge in [-0.1, -0.05) is 32.6 Å². The molecule has 1 heterocycles. The predicted octanol–water partition coefficient (Wildman–Crippen LogP) is 3.42. The highest BCUT2D eigenvalue weighted by Crippen LogP contribution is 2.32. The highest BCUT2D eigenvalue weighted by atomic mass is 15.3. The Kier molecular flexibility index (Phi) is 5.44. The smallest absolute Gasteiger partial charge is 0.0628 e. The zero-order chi connectivity index (χ0) is 13.7. The van der Waals surface area contributed by atoms with Gasteiger partial charge in [0.2, 0.25) is 0 Å². The molecule has 108 valence electrons. The Morgan fingerprint density at radius 3 is 2.79 bits per heavy atom. The average Bonchev–Trinajstić information content (AvgIpc) is 3.08. The summed E-state index contributed by atoms with van der Waals surface area (Å²) in [6.07, 6.45) is 10.1. The van der Waals surface area contributed by atoms with Crippen molar-refractivity contribution in [3.63, 3.8) is 0 Å². The standard InChI is InChI=1S/C16H29N3/c1-4-13(2)19-10-9-16(18-19)11-15(12-17-3)14-7-5-6-8-14/h9-10,13-15,17H,4-8,11-12H2,1-3H3. The molecule has 0 bridgehead atoms. The molecule has 2 unspecified atom stereocenters. The number of rotatable bonds is 7. The van der Waals surface area contributed by atoms with E-state index in [0.29, 0.717) is 6.04 Å². The van der Waals surface area contributed by atoms with Crippen molar-refractivity contribution in [3.05, 3.63) is 18.0 Å². The maximum absolute atomic E-state index is 4.76. The van der Waals surface area contributed by atoms with E-state index < -0.39 is 0 Å². The van der Waals surface area contributed by atoms with Crippen LogP contribution in [0.3, 0.4) is 0 Å². The fourth-order valence-corrected chi connectivity index (χ4v) is 3.28. The second kappa shape index (κ2) is 7.09. The van der Waals surface area contributed by atoms with Gasteiger partial charge in [0.1, 0.15) is 0 Å². The molecule has 19 heavy (non-hydrogen) atoms. The van der Waals surface area contributed by atoms with Crippen molar-refractivity contribution in [2.75, 3.05) is 13.6 Å². The third-order valence-electron chi connectivity index (χ3n) is 4.71. The number of aromatic nitrogens is 2. The van der Waals surface area contributed by atoms with Gasteiger partial charge in [-0.2, -0.15) is 5.10 Å². The van der Waals surface area contributed by atoms with Crippen LogP contribution in [-0.4, -0.2) is 23.4 Å². The molecule has 1 aromatic rings. The van der Waals surface area contributed by atoms with E-state index in [0.717, 1.165) is 31.2 Å². The Morgan fingerprint density at radius 1 is 1.42 bits per heavy atom. The number of hydrogen-bond donors (Lipinski definition) is 1. The van der Waals surface area contributed by atoms with Crippen LogP contribution in [0.1, 0.15) is 57.7 Å². The minimum absolute atomic E-state index is 0.517. The topological polar surface area (TPSA) is 29.9 Å². The molecule has 1 saturated carbocycles. The molecular formula is C16H29N3. The minimum Gasteiger partial charge on any atom is -0.319 e. The molecule has 0 amide bonds. The normalized spacial score (nSPS) is 19.7. The largest absolute Gasteiger partial charge is 0.319 e. The minimum atomic E-state index is 0.517. The Bertz CT molecular complexity index is 366. The SMILES string of the molecule is CCC(C)n1ccc(CC(CNC)C2CCCC2)n1. The lowest BCUT2D eigenvalue weighted by Gasteiger charge is -2.22. The molecule has 1 N–H and O–H groups in total. The molecule has 0 aliphatic heterocycles. The Labute approximate surface area is 117 Å². The molecular weight excluding hydrogens is 234 g/mol. The molecule has 1 aliphatic carbocycles. The highest BCUT2D eigenvalue weighted by molar-refractivity contribution is 5.02. The highest BCUT2D eigenvalue weighted by Gasteiger charge is 2.25. The lowest BCUT2D eigenvalue weighted by Crippen LogP contribution is -2.26. The quantitative estimate of drug-likeness (QED) is 0.817. The fourth-order valence-electron chi connectivity index (χ4n) is 3.28.